The van der Waals surface area contributed by atoms with Crippen molar-refractivity contribution < 1.29 is 0 Å². The predicted molar refractivity (Wildman–Crippen MR) is 83.0 cm³/mol. The van der Waals surface area contributed by atoms with Crippen LogP contribution in [0.1, 0.15) is 42.7 Å². The number of benzene rings is 1. The van der Waals surface area contributed by atoms with Gasteiger partial charge in [0.2, 0.25) is 0 Å². The topological polar surface area (TPSA) is 0 Å². The van der Waals surface area contributed by atoms with Crippen molar-refractivity contribution in [3.63, 3.8) is 0 Å². The minimum atomic E-state index is 0.568. The van der Waals surface area contributed by atoms with Gasteiger partial charge in [0.1, 0.15) is 0 Å². The zero-order valence-electron chi connectivity index (χ0n) is 11.5. The van der Waals surface area contributed by atoms with Crippen molar-refractivity contribution in [2.75, 3.05) is 0 Å². The lowest BCUT2D eigenvalue weighted by Gasteiger charge is -2.06. The quantitative estimate of drug-likeness (QED) is 0.621. The fraction of sp³-hybridized carbons (Fsp3) is 0.368. The van der Waals surface area contributed by atoms with Crippen LogP contribution in [0.2, 0.25) is 0 Å². The molecule has 3 aliphatic carbocycles. The first-order chi connectivity index (χ1) is 9.36. The molecule has 0 nitrogen and oxygen atoms in total. The highest BCUT2D eigenvalue weighted by Crippen LogP contribution is 2.38. The second kappa shape index (κ2) is 5.61. The van der Waals surface area contributed by atoms with Crippen LogP contribution in [0.5, 0.6) is 0 Å². The number of allylic oxidation sites excluding steroid dienone is 4. The largest absolute Gasteiger partial charge is 0.103 e. The van der Waals surface area contributed by atoms with Gasteiger partial charge in [-0.3, -0.25) is 0 Å². The molecule has 3 aliphatic rings. The maximum atomic E-state index is 3.76. The van der Waals surface area contributed by atoms with Crippen LogP contribution in [0, 0.1) is 11.8 Å². The van der Waals surface area contributed by atoms with E-state index in [1.165, 1.54) is 30.4 Å². The Morgan fingerprint density at radius 3 is 2.37 bits per heavy atom. The smallest absolute Gasteiger partial charge is 0.00616 e. The van der Waals surface area contributed by atoms with E-state index in [1.54, 1.807) is 0 Å². The first-order valence-electron chi connectivity index (χ1n) is 7.43. The predicted octanol–water partition coefficient (Wildman–Crippen LogP) is 5.35. The molecule has 98 valence electrons. The Hall–Kier alpha value is -1.56. The molecule has 0 aromatic heterocycles. The van der Waals surface area contributed by atoms with E-state index in [0.717, 1.165) is 18.3 Å². The molecule has 19 heavy (non-hydrogen) atoms. The maximum absolute atomic E-state index is 3.76. The highest BCUT2D eigenvalue weighted by atomic mass is 14.3. The molecule has 3 unspecified atom stereocenters. The van der Waals surface area contributed by atoms with Crippen molar-refractivity contribution in [1.29, 1.82) is 0 Å². The number of hydrogen-bond acceptors (Lipinski definition) is 0. The van der Waals surface area contributed by atoms with E-state index in [2.05, 4.69) is 55.1 Å². The monoisotopic (exact) mass is 250 g/mol. The van der Waals surface area contributed by atoms with E-state index in [1.807, 2.05) is 6.08 Å². The molecule has 0 aliphatic heterocycles. The normalized spacial score (nSPS) is 28.9. The average molecular weight is 250 g/mol. The summed E-state index contributed by atoms with van der Waals surface area (Å²) in [5.74, 6) is 2.55. The second-order valence-electron chi connectivity index (χ2n) is 5.84. The van der Waals surface area contributed by atoms with Gasteiger partial charge in [0.05, 0.1) is 0 Å². The van der Waals surface area contributed by atoms with E-state index in [9.17, 15) is 0 Å². The van der Waals surface area contributed by atoms with Crippen LogP contribution < -0.4 is 0 Å². The van der Waals surface area contributed by atoms with Gasteiger partial charge in [-0.25, -0.2) is 0 Å². The molecule has 4 rings (SSSR count). The Morgan fingerprint density at radius 2 is 1.79 bits per heavy atom. The lowest BCUT2D eigenvalue weighted by atomic mass is 9.98. The van der Waals surface area contributed by atoms with Gasteiger partial charge in [0, 0.05) is 5.92 Å². The third kappa shape index (κ3) is 2.73. The third-order valence-electron chi connectivity index (χ3n) is 4.49. The van der Waals surface area contributed by atoms with Crippen molar-refractivity contribution in [2.24, 2.45) is 11.8 Å². The Bertz CT molecular complexity index is 495. The van der Waals surface area contributed by atoms with Crippen molar-refractivity contribution >= 4 is 6.08 Å². The van der Waals surface area contributed by atoms with Crippen molar-refractivity contribution in [3.05, 3.63) is 66.3 Å². The molecule has 0 saturated heterocycles. The third-order valence-corrected chi connectivity index (χ3v) is 4.49. The molecule has 1 aromatic rings. The molecule has 0 radical (unpaired) electrons. The molecule has 0 amide bonds. The molecule has 1 fully saturated rings. The van der Waals surface area contributed by atoms with Gasteiger partial charge < -0.3 is 0 Å². The van der Waals surface area contributed by atoms with Gasteiger partial charge in [-0.15, -0.1) is 6.58 Å². The van der Waals surface area contributed by atoms with E-state index in [-0.39, 0.29) is 0 Å². The standard InChI is InChI=1S/C12H12.C7H10/c1-2-5-10-8-9-11-6-3-4-7-12(10)11;1-2-7-4-3-6(1)5-7/h2-4,6-10H,1,5H2;1-2,6-7H,3-5H2. The molecule has 2 bridgehead atoms. The summed E-state index contributed by atoms with van der Waals surface area (Å²) in [7, 11) is 0. The first kappa shape index (κ1) is 12.5. The van der Waals surface area contributed by atoms with Gasteiger partial charge in [0.25, 0.3) is 0 Å². The summed E-state index contributed by atoms with van der Waals surface area (Å²) >= 11 is 0. The lowest BCUT2D eigenvalue weighted by molar-refractivity contribution is 0.691. The van der Waals surface area contributed by atoms with Gasteiger partial charge >= 0.3 is 0 Å². The van der Waals surface area contributed by atoms with Crippen LogP contribution in [0.15, 0.2) is 55.1 Å². The Labute approximate surface area is 116 Å². The number of rotatable bonds is 2. The highest BCUT2D eigenvalue weighted by molar-refractivity contribution is 5.62. The molecule has 0 spiro atoms. The van der Waals surface area contributed by atoms with Gasteiger partial charge in [0.15, 0.2) is 0 Å². The van der Waals surface area contributed by atoms with Crippen LogP contribution in [0.25, 0.3) is 6.08 Å². The molecule has 3 atom stereocenters. The summed E-state index contributed by atoms with van der Waals surface area (Å²) in [4.78, 5) is 0. The number of fused-ring (bicyclic) bond motifs is 3. The summed E-state index contributed by atoms with van der Waals surface area (Å²) in [5, 5.41) is 0. The Morgan fingerprint density at radius 1 is 1.05 bits per heavy atom. The zero-order chi connectivity index (χ0) is 13.1. The van der Waals surface area contributed by atoms with Crippen LogP contribution in [0.4, 0.5) is 0 Å². The average Bonchev–Trinajstić information content (AvgIpc) is 3.17. The van der Waals surface area contributed by atoms with Gasteiger partial charge in [-0.2, -0.15) is 0 Å². The van der Waals surface area contributed by atoms with Crippen molar-refractivity contribution in [2.45, 2.75) is 31.6 Å². The molecule has 0 heterocycles. The molecule has 0 heteroatoms. The molecule has 1 saturated carbocycles. The number of hydrogen-bond donors (Lipinski definition) is 0. The van der Waals surface area contributed by atoms with Crippen LogP contribution in [0.3, 0.4) is 0 Å². The van der Waals surface area contributed by atoms with Crippen molar-refractivity contribution in [1.82, 2.24) is 0 Å². The molecule has 0 N–H and O–H groups in total. The minimum absolute atomic E-state index is 0.568. The fourth-order valence-corrected chi connectivity index (χ4v) is 3.43. The van der Waals surface area contributed by atoms with E-state index < -0.39 is 0 Å². The summed E-state index contributed by atoms with van der Waals surface area (Å²) in [6, 6.07) is 8.54. The molecular weight excluding hydrogens is 228 g/mol. The first-order valence-corrected chi connectivity index (χ1v) is 7.43. The molecular formula is C19H22. The molecule has 1 aromatic carbocycles. The summed E-state index contributed by atoms with van der Waals surface area (Å²) < 4.78 is 0. The minimum Gasteiger partial charge on any atom is -0.103 e. The fourth-order valence-electron chi connectivity index (χ4n) is 3.43. The van der Waals surface area contributed by atoms with E-state index in [4.69, 9.17) is 0 Å². The van der Waals surface area contributed by atoms with Crippen LogP contribution >= 0.6 is 0 Å². The summed E-state index contributed by atoms with van der Waals surface area (Å²) in [6.07, 6.45) is 16.7. The lowest BCUT2D eigenvalue weighted by Crippen LogP contribution is -1.89. The van der Waals surface area contributed by atoms with Gasteiger partial charge in [-0.05, 0) is 48.6 Å². The Kier molecular flexibility index (Phi) is 3.68. The Balaban J connectivity index is 0.000000132. The van der Waals surface area contributed by atoms with Gasteiger partial charge in [-0.1, -0.05) is 54.6 Å². The zero-order valence-corrected chi connectivity index (χ0v) is 11.5. The van der Waals surface area contributed by atoms with E-state index >= 15 is 0 Å². The van der Waals surface area contributed by atoms with E-state index in [0.29, 0.717) is 5.92 Å². The maximum Gasteiger partial charge on any atom is 0.00616 e. The van der Waals surface area contributed by atoms with Crippen molar-refractivity contribution in [3.8, 4) is 0 Å². The second-order valence-corrected chi connectivity index (χ2v) is 5.84. The SMILES string of the molecule is C1=CC2CCC1C2.C=CCC1C=Cc2ccccc21. The summed E-state index contributed by atoms with van der Waals surface area (Å²) in [5.41, 5.74) is 2.81. The summed E-state index contributed by atoms with van der Waals surface area (Å²) in [6.45, 7) is 3.76. The highest BCUT2D eigenvalue weighted by Gasteiger charge is 2.25. The van der Waals surface area contributed by atoms with Crippen LogP contribution in [-0.2, 0) is 0 Å². The van der Waals surface area contributed by atoms with Crippen LogP contribution in [-0.4, -0.2) is 0 Å².